The number of rotatable bonds is 2. The number of nitrogens with zero attached hydrogens (tertiary/aromatic N) is 3. The lowest BCUT2D eigenvalue weighted by molar-refractivity contribution is 0.240. The van der Waals surface area contributed by atoms with Crippen molar-refractivity contribution in [2.75, 3.05) is 6.54 Å². The number of hydrogen-bond acceptors (Lipinski definition) is 2. The Bertz CT molecular complexity index is 774. The molecule has 1 aliphatic heterocycles. The van der Waals surface area contributed by atoms with Crippen LogP contribution >= 0.6 is 0 Å². The van der Waals surface area contributed by atoms with Crippen LogP contribution in [-0.4, -0.2) is 20.8 Å². The van der Waals surface area contributed by atoms with E-state index >= 15 is 0 Å². The average Bonchev–Trinajstić information content (AvgIpc) is 2.88. The third-order valence-electron chi connectivity index (χ3n) is 4.31. The summed E-state index contributed by atoms with van der Waals surface area (Å²) in [6.07, 6.45) is 3.18. The van der Waals surface area contributed by atoms with E-state index in [0.29, 0.717) is 0 Å². The van der Waals surface area contributed by atoms with E-state index in [1.54, 1.807) is 0 Å². The Hall–Kier alpha value is -2.13. The second kappa shape index (κ2) is 5.01. The maximum atomic E-state index is 4.83. The number of imidazole rings is 1. The Labute approximate surface area is 124 Å². The Morgan fingerprint density at radius 1 is 1.10 bits per heavy atom. The second-order valence-corrected chi connectivity index (χ2v) is 5.84. The van der Waals surface area contributed by atoms with Crippen LogP contribution in [-0.2, 0) is 19.5 Å². The summed E-state index contributed by atoms with van der Waals surface area (Å²) in [5.74, 6) is 0. The molecule has 106 valence electrons. The zero-order valence-corrected chi connectivity index (χ0v) is 12.3. The maximum Gasteiger partial charge on any atom is 0.140 e. The first kappa shape index (κ1) is 12.6. The average molecular weight is 277 g/mol. The third kappa shape index (κ3) is 2.24. The van der Waals surface area contributed by atoms with E-state index in [4.69, 9.17) is 4.98 Å². The zero-order chi connectivity index (χ0) is 14.2. The molecule has 3 nitrogen and oxygen atoms in total. The summed E-state index contributed by atoms with van der Waals surface area (Å²) in [6.45, 7) is 5.22. The largest absolute Gasteiger partial charge is 0.302 e. The van der Waals surface area contributed by atoms with Crippen LogP contribution in [0, 0.1) is 6.92 Å². The molecule has 0 N–H and O–H groups in total. The van der Waals surface area contributed by atoms with Crippen LogP contribution in [0.2, 0.25) is 0 Å². The fraction of sp³-hybridized carbons (Fsp3) is 0.278. The van der Waals surface area contributed by atoms with Gasteiger partial charge in [-0.15, -0.1) is 0 Å². The lowest BCUT2D eigenvalue weighted by Crippen LogP contribution is -2.30. The normalized spacial score (nSPS) is 15.3. The van der Waals surface area contributed by atoms with Gasteiger partial charge < -0.3 is 4.40 Å². The molecule has 21 heavy (non-hydrogen) atoms. The van der Waals surface area contributed by atoms with Crippen LogP contribution in [0.1, 0.15) is 22.5 Å². The number of fused-ring (bicyclic) bond motifs is 3. The number of pyridine rings is 1. The van der Waals surface area contributed by atoms with Crippen LogP contribution in [0.4, 0.5) is 0 Å². The minimum atomic E-state index is 0.981. The van der Waals surface area contributed by atoms with Gasteiger partial charge in [0.1, 0.15) is 5.65 Å². The van der Waals surface area contributed by atoms with E-state index in [1.165, 1.54) is 22.5 Å². The number of aryl methyl sites for hydroxylation is 1. The van der Waals surface area contributed by atoms with Crippen LogP contribution in [0.5, 0.6) is 0 Å². The van der Waals surface area contributed by atoms with Gasteiger partial charge in [0.2, 0.25) is 0 Å². The van der Waals surface area contributed by atoms with E-state index in [-0.39, 0.29) is 0 Å². The van der Waals surface area contributed by atoms with Crippen molar-refractivity contribution in [2.45, 2.75) is 26.4 Å². The van der Waals surface area contributed by atoms with Gasteiger partial charge in [0, 0.05) is 32.3 Å². The van der Waals surface area contributed by atoms with E-state index < -0.39 is 0 Å². The lowest BCUT2D eigenvalue weighted by Gasteiger charge is -2.26. The molecule has 0 saturated heterocycles. The highest BCUT2D eigenvalue weighted by molar-refractivity contribution is 5.50. The topological polar surface area (TPSA) is 20.5 Å². The Kier molecular flexibility index (Phi) is 3.00. The molecule has 0 fully saturated rings. The highest BCUT2D eigenvalue weighted by Crippen LogP contribution is 2.23. The minimum Gasteiger partial charge on any atom is -0.302 e. The molecule has 0 atom stereocenters. The summed E-state index contributed by atoms with van der Waals surface area (Å²) in [4.78, 5) is 7.34. The predicted octanol–water partition coefficient (Wildman–Crippen LogP) is 3.20. The van der Waals surface area contributed by atoms with E-state index in [2.05, 4.69) is 64.9 Å². The molecule has 3 heterocycles. The van der Waals surface area contributed by atoms with E-state index in [0.717, 1.165) is 31.7 Å². The molecule has 0 spiro atoms. The van der Waals surface area contributed by atoms with Gasteiger partial charge in [-0.1, -0.05) is 36.4 Å². The smallest absolute Gasteiger partial charge is 0.140 e. The predicted molar refractivity (Wildman–Crippen MR) is 84.2 cm³/mol. The molecule has 0 saturated carbocycles. The van der Waals surface area contributed by atoms with Crippen molar-refractivity contribution in [3.63, 3.8) is 0 Å². The molecule has 0 bridgehead atoms. The molecule has 0 amide bonds. The summed E-state index contributed by atoms with van der Waals surface area (Å²) in [7, 11) is 0. The van der Waals surface area contributed by atoms with Gasteiger partial charge in [0.05, 0.1) is 11.4 Å². The van der Waals surface area contributed by atoms with Crippen LogP contribution in [0.3, 0.4) is 0 Å². The fourth-order valence-corrected chi connectivity index (χ4v) is 3.20. The fourth-order valence-electron chi connectivity index (χ4n) is 3.20. The number of benzene rings is 1. The first-order chi connectivity index (χ1) is 10.3. The van der Waals surface area contributed by atoms with Crippen molar-refractivity contribution in [3.05, 3.63) is 71.2 Å². The molecular formula is C18H19N3. The molecule has 1 aliphatic rings. The van der Waals surface area contributed by atoms with Crippen molar-refractivity contribution in [1.29, 1.82) is 0 Å². The molecule has 0 unspecified atom stereocenters. The molecule has 1 aromatic carbocycles. The Balaban J connectivity index is 1.65. The van der Waals surface area contributed by atoms with Gasteiger partial charge in [0.25, 0.3) is 0 Å². The summed E-state index contributed by atoms with van der Waals surface area (Å²) >= 11 is 0. The van der Waals surface area contributed by atoms with Crippen molar-refractivity contribution < 1.29 is 0 Å². The summed E-state index contributed by atoms with van der Waals surface area (Å²) in [5.41, 5.74) is 6.38. The first-order valence-electron chi connectivity index (χ1n) is 7.53. The molecule has 0 aliphatic carbocycles. The first-order valence-corrected chi connectivity index (χ1v) is 7.53. The van der Waals surface area contributed by atoms with Crippen LogP contribution in [0.25, 0.3) is 5.65 Å². The number of aromatic nitrogens is 2. The Morgan fingerprint density at radius 3 is 2.81 bits per heavy atom. The van der Waals surface area contributed by atoms with Crippen molar-refractivity contribution in [2.24, 2.45) is 0 Å². The minimum absolute atomic E-state index is 0.981. The van der Waals surface area contributed by atoms with Crippen molar-refractivity contribution in [3.8, 4) is 0 Å². The van der Waals surface area contributed by atoms with E-state index in [1.807, 2.05) is 0 Å². The maximum absolute atomic E-state index is 4.83. The van der Waals surface area contributed by atoms with Gasteiger partial charge >= 0.3 is 0 Å². The summed E-state index contributed by atoms with van der Waals surface area (Å²) in [5, 5.41) is 0. The zero-order valence-electron chi connectivity index (χ0n) is 12.3. The second-order valence-electron chi connectivity index (χ2n) is 5.84. The van der Waals surface area contributed by atoms with Gasteiger partial charge in [-0.25, -0.2) is 4.98 Å². The molecule has 3 aromatic rings. The highest BCUT2D eigenvalue weighted by atomic mass is 15.2. The SMILES string of the molecule is Cc1cccn2c3c(nc12)CCN(Cc1ccccc1)C3. The van der Waals surface area contributed by atoms with Crippen LogP contribution < -0.4 is 0 Å². The van der Waals surface area contributed by atoms with Crippen molar-refractivity contribution in [1.82, 2.24) is 14.3 Å². The molecule has 2 aromatic heterocycles. The van der Waals surface area contributed by atoms with E-state index in [9.17, 15) is 0 Å². The standard InChI is InChI=1S/C18H19N3/c1-14-6-5-10-21-17-13-20(11-9-16(17)19-18(14)21)12-15-7-3-2-4-8-15/h2-8,10H,9,11-13H2,1H3. The van der Waals surface area contributed by atoms with Crippen molar-refractivity contribution >= 4 is 5.65 Å². The molecular weight excluding hydrogens is 258 g/mol. The lowest BCUT2D eigenvalue weighted by atomic mass is 10.1. The quantitative estimate of drug-likeness (QED) is 0.717. The third-order valence-corrected chi connectivity index (χ3v) is 4.31. The van der Waals surface area contributed by atoms with Gasteiger partial charge in [-0.3, -0.25) is 4.90 Å². The van der Waals surface area contributed by atoms with Gasteiger partial charge in [0.15, 0.2) is 0 Å². The summed E-state index contributed by atoms with van der Waals surface area (Å²) in [6, 6.07) is 15.0. The van der Waals surface area contributed by atoms with Crippen LogP contribution in [0.15, 0.2) is 48.7 Å². The number of hydrogen-bond donors (Lipinski definition) is 0. The van der Waals surface area contributed by atoms with Gasteiger partial charge in [-0.05, 0) is 24.1 Å². The summed E-state index contributed by atoms with van der Waals surface area (Å²) < 4.78 is 2.27. The molecule has 3 heteroatoms. The Morgan fingerprint density at radius 2 is 1.95 bits per heavy atom. The monoisotopic (exact) mass is 277 g/mol. The highest BCUT2D eigenvalue weighted by Gasteiger charge is 2.21. The molecule has 4 rings (SSSR count). The van der Waals surface area contributed by atoms with Gasteiger partial charge in [-0.2, -0.15) is 0 Å². The molecule has 0 radical (unpaired) electrons.